The summed E-state index contributed by atoms with van der Waals surface area (Å²) in [5, 5.41) is 2.88. The zero-order valence-corrected chi connectivity index (χ0v) is 14.6. The van der Waals surface area contributed by atoms with Crippen LogP contribution in [0.4, 0.5) is 0 Å². The van der Waals surface area contributed by atoms with Crippen molar-refractivity contribution in [2.24, 2.45) is 11.7 Å². The first-order chi connectivity index (χ1) is 10.6. The molecule has 0 bridgehead atoms. The Morgan fingerprint density at radius 2 is 2.13 bits per heavy atom. The number of ether oxygens (including phenoxy) is 2. The fourth-order valence-corrected chi connectivity index (χ4v) is 2.61. The minimum absolute atomic E-state index is 0. The van der Waals surface area contributed by atoms with Gasteiger partial charge in [-0.1, -0.05) is 12.1 Å². The highest BCUT2D eigenvalue weighted by Crippen LogP contribution is 2.18. The van der Waals surface area contributed by atoms with Gasteiger partial charge in [-0.2, -0.15) is 0 Å². The minimum Gasteiger partial charge on any atom is -0.489 e. The van der Waals surface area contributed by atoms with E-state index in [-0.39, 0.29) is 30.3 Å². The molecule has 6 heteroatoms. The van der Waals surface area contributed by atoms with Crippen LogP contribution in [-0.4, -0.2) is 37.8 Å². The van der Waals surface area contributed by atoms with E-state index in [0.717, 1.165) is 24.2 Å². The van der Waals surface area contributed by atoms with Crippen molar-refractivity contribution in [1.29, 1.82) is 0 Å². The van der Waals surface area contributed by atoms with E-state index in [4.69, 9.17) is 15.2 Å². The second-order valence-electron chi connectivity index (χ2n) is 5.97. The maximum Gasteiger partial charge on any atom is 0.237 e. The summed E-state index contributed by atoms with van der Waals surface area (Å²) in [5.74, 6) is 0.920. The normalized spacial score (nSPS) is 17.7. The minimum atomic E-state index is -0.463. The zero-order chi connectivity index (χ0) is 15.9. The fraction of sp³-hybridized carbons (Fsp3) is 0.588. The van der Waals surface area contributed by atoms with E-state index in [2.05, 4.69) is 5.32 Å². The van der Waals surface area contributed by atoms with Crippen LogP contribution in [0.3, 0.4) is 0 Å². The van der Waals surface area contributed by atoms with Crippen molar-refractivity contribution in [3.63, 3.8) is 0 Å². The Morgan fingerprint density at radius 3 is 2.78 bits per heavy atom. The van der Waals surface area contributed by atoms with E-state index >= 15 is 0 Å². The van der Waals surface area contributed by atoms with Gasteiger partial charge in [-0.05, 0) is 50.3 Å². The lowest BCUT2D eigenvalue weighted by atomic mass is 9.92. The summed E-state index contributed by atoms with van der Waals surface area (Å²) in [6.07, 6.45) is 1.60. The van der Waals surface area contributed by atoms with Crippen LogP contribution in [0.2, 0.25) is 0 Å². The van der Waals surface area contributed by atoms with Crippen molar-refractivity contribution in [3.8, 4) is 5.75 Å². The molecule has 1 aliphatic heterocycles. The Morgan fingerprint density at radius 1 is 1.43 bits per heavy atom. The van der Waals surface area contributed by atoms with Crippen LogP contribution in [0.25, 0.3) is 0 Å². The fourth-order valence-electron chi connectivity index (χ4n) is 2.61. The van der Waals surface area contributed by atoms with Gasteiger partial charge in [0.15, 0.2) is 0 Å². The van der Waals surface area contributed by atoms with Gasteiger partial charge in [-0.15, -0.1) is 12.4 Å². The van der Waals surface area contributed by atoms with Crippen LogP contribution < -0.4 is 15.8 Å². The lowest BCUT2D eigenvalue weighted by Crippen LogP contribution is -2.48. The molecule has 0 radical (unpaired) electrons. The Labute approximate surface area is 144 Å². The zero-order valence-electron chi connectivity index (χ0n) is 13.8. The Kier molecular flexibility index (Phi) is 8.37. The molecule has 1 heterocycles. The lowest BCUT2D eigenvalue weighted by Gasteiger charge is -2.27. The number of hydrogen-bond donors (Lipinski definition) is 2. The van der Waals surface area contributed by atoms with Gasteiger partial charge in [0.1, 0.15) is 11.9 Å². The van der Waals surface area contributed by atoms with Crippen LogP contribution in [-0.2, 0) is 9.53 Å². The Bertz CT molecular complexity index is 492. The molecule has 0 saturated carbocycles. The molecule has 1 aromatic carbocycles. The van der Waals surface area contributed by atoms with Gasteiger partial charge in [-0.25, -0.2) is 0 Å². The van der Waals surface area contributed by atoms with Crippen molar-refractivity contribution in [3.05, 3.63) is 29.8 Å². The topological polar surface area (TPSA) is 73.6 Å². The van der Waals surface area contributed by atoms with Crippen molar-refractivity contribution >= 4 is 18.3 Å². The molecular formula is C17H27ClN2O3. The van der Waals surface area contributed by atoms with E-state index in [1.165, 1.54) is 0 Å². The van der Waals surface area contributed by atoms with Crippen molar-refractivity contribution in [1.82, 2.24) is 5.32 Å². The van der Waals surface area contributed by atoms with E-state index < -0.39 is 6.04 Å². The third-order valence-electron chi connectivity index (χ3n) is 3.97. The van der Waals surface area contributed by atoms with E-state index in [1.807, 2.05) is 38.1 Å². The second-order valence-corrected chi connectivity index (χ2v) is 5.97. The maximum absolute atomic E-state index is 12.1. The van der Waals surface area contributed by atoms with Crippen LogP contribution in [0.5, 0.6) is 5.75 Å². The van der Waals surface area contributed by atoms with Gasteiger partial charge < -0.3 is 20.5 Å². The molecule has 1 aromatic rings. The number of benzene rings is 1. The molecule has 0 aliphatic carbocycles. The number of carbonyl (C=O) groups is 1. The standard InChI is InChI=1S/C17H26N2O3.ClH/c1-12-4-3-5-15(10-12)22-13(2)11-19-17(20)16(18)14-6-8-21-9-7-14;/h3-5,10,13-14,16H,6-9,11,18H2,1-2H3,(H,19,20);1H. The van der Waals surface area contributed by atoms with Crippen molar-refractivity contribution in [2.75, 3.05) is 19.8 Å². The molecule has 1 aliphatic rings. The molecule has 1 amide bonds. The third-order valence-corrected chi connectivity index (χ3v) is 3.97. The predicted molar refractivity (Wildman–Crippen MR) is 93.0 cm³/mol. The van der Waals surface area contributed by atoms with Crippen LogP contribution in [0.1, 0.15) is 25.3 Å². The molecule has 1 saturated heterocycles. The maximum atomic E-state index is 12.1. The summed E-state index contributed by atoms with van der Waals surface area (Å²) in [5.41, 5.74) is 7.19. The van der Waals surface area contributed by atoms with Crippen LogP contribution in [0, 0.1) is 12.8 Å². The molecule has 0 spiro atoms. The summed E-state index contributed by atoms with van der Waals surface area (Å²) in [4.78, 5) is 12.1. The first-order valence-corrected chi connectivity index (χ1v) is 7.90. The summed E-state index contributed by atoms with van der Waals surface area (Å²) in [6, 6.07) is 7.41. The van der Waals surface area contributed by atoms with Crippen molar-refractivity contribution in [2.45, 2.75) is 38.8 Å². The average molecular weight is 343 g/mol. The average Bonchev–Trinajstić information content (AvgIpc) is 2.52. The molecule has 0 aromatic heterocycles. The van der Waals surface area contributed by atoms with Gasteiger partial charge in [0.05, 0.1) is 12.6 Å². The van der Waals surface area contributed by atoms with Crippen molar-refractivity contribution < 1.29 is 14.3 Å². The SMILES string of the molecule is Cc1cccc(OC(C)CNC(=O)C(N)C2CCOCC2)c1.Cl. The van der Waals surface area contributed by atoms with Crippen LogP contribution >= 0.6 is 12.4 Å². The number of amides is 1. The third kappa shape index (κ3) is 6.37. The van der Waals surface area contributed by atoms with Gasteiger partial charge in [0.2, 0.25) is 5.91 Å². The smallest absolute Gasteiger partial charge is 0.237 e. The van der Waals surface area contributed by atoms with E-state index in [1.54, 1.807) is 0 Å². The first-order valence-electron chi connectivity index (χ1n) is 7.90. The number of carbonyl (C=O) groups excluding carboxylic acids is 1. The number of aryl methyl sites for hydroxylation is 1. The Hall–Kier alpha value is -1.30. The largest absolute Gasteiger partial charge is 0.489 e. The molecule has 2 atom stereocenters. The molecule has 5 nitrogen and oxygen atoms in total. The highest BCUT2D eigenvalue weighted by molar-refractivity contribution is 5.85. The summed E-state index contributed by atoms with van der Waals surface area (Å²) >= 11 is 0. The second kappa shape index (κ2) is 9.75. The van der Waals surface area contributed by atoms with Gasteiger partial charge in [0, 0.05) is 13.2 Å². The lowest BCUT2D eigenvalue weighted by molar-refractivity contribution is -0.124. The monoisotopic (exact) mass is 342 g/mol. The number of hydrogen-bond acceptors (Lipinski definition) is 4. The molecule has 1 fully saturated rings. The van der Waals surface area contributed by atoms with Gasteiger partial charge in [0.25, 0.3) is 0 Å². The summed E-state index contributed by atoms with van der Waals surface area (Å²) < 4.78 is 11.1. The summed E-state index contributed by atoms with van der Waals surface area (Å²) in [6.45, 7) is 5.79. The predicted octanol–water partition coefficient (Wildman–Crippen LogP) is 2.05. The molecular weight excluding hydrogens is 316 g/mol. The highest BCUT2D eigenvalue weighted by atomic mass is 35.5. The molecule has 2 rings (SSSR count). The first kappa shape index (κ1) is 19.7. The number of nitrogens with one attached hydrogen (secondary N) is 1. The molecule has 3 N–H and O–H groups in total. The number of nitrogens with two attached hydrogens (primary N) is 1. The quantitative estimate of drug-likeness (QED) is 0.830. The van der Waals surface area contributed by atoms with E-state index in [9.17, 15) is 4.79 Å². The van der Waals surface area contributed by atoms with Crippen LogP contribution in [0.15, 0.2) is 24.3 Å². The highest BCUT2D eigenvalue weighted by Gasteiger charge is 2.26. The van der Waals surface area contributed by atoms with Gasteiger partial charge in [-0.3, -0.25) is 4.79 Å². The van der Waals surface area contributed by atoms with E-state index in [0.29, 0.717) is 19.8 Å². The molecule has 130 valence electrons. The number of halogens is 1. The molecule has 23 heavy (non-hydrogen) atoms. The Balaban J connectivity index is 0.00000264. The summed E-state index contributed by atoms with van der Waals surface area (Å²) in [7, 11) is 0. The number of rotatable bonds is 6. The van der Waals surface area contributed by atoms with Gasteiger partial charge >= 0.3 is 0 Å². The molecule has 2 unspecified atom stereocenters.